The summed E-state index contributed by atoms with van der Waals surface area (Å²) in [6.45, 7) is 9.08. The number of halogens is 1. The van der Waals surface area contributed by atoms with Crippen LogP contribution in [0.5, 0.6) is 10.9 Å². The highest BCUT2D eigenvalue weighted by Crippen LogP contribution is 2.31. The van der Waals surface area contributed by atoms with Crippen molar-refractivity contribution in [3.05, 3.63) is 74.5 Å². The fraction of sp³-hybridized carbons (Fsp3) is 0.261. The van der Waals surface area contributed by atoms with Crippen molar-refractivity contribution in [3.8, 4) is 22.3 Å². The number of benzene rings is 2. The molecular weight excluding hydrogens is 448 g/mol. The summed E-state index contributed by atoms with van der Waals surface area (Å²) in [6, 6.07) is 12.4. The van der Waals surface area contributed by atoms with Crippen molar-refractivity contribution in [3.63, 3.8) is 0 Å². The lowest BCUT2D eigenvalue weighted by Gasteiger charge is -2.13. The van der Waals surface area contributed by atoms with Crippen LogP contribution in [0.2, 0.25) is 0 Å². The largest absolute Gasteiger partial charge is 0.430 e. The zero-order valence-electron chi connectivity index (χ0n) is 17.9. The third-order valence-electron chi connectivity index (χ3n) is 5.16. The third kappa shape index (κ3) is 5.23. The summed E-state index contributed by atoms with van der Waals surface area (Å²) in [5, 5.41) is 10.6. The molecule has 0 atom stereocenters. The van der Waals surface area contributed by atoms with Crippen LogP contribution in [0.3, 0.4) is 0 Å². The van der Waals surface area contributed by atoms with Crippen molar-refractivity contribution in [2.45, 2.75) is 40.7 Å². The van der Waals surface area contributed by atoms with Gasteiger partial charge in [0.15, 0.2) is 10.6 Å². The van der Waals surface area contributed by atoms with Gasteiger partial charge >= 0.3 is 0 Å². The summed E-state index contributed by atoms with van der Waals surface area (Å²) < 4.78 is 12.6. The fourth-order valence-corrected chi connectivity index (χ4v) is 4.67. The molecule has 5 nitrogen and oxygen atoms in total. The smallest absolute Gasteiger partial charge is 0.299 e. The minimum Gasteiger partial charge on any atom is -0.430 e. The number of nitrogens with one attached hydrogen (secondary N) is 1. The Hall–Kier alpha value is -2.48. The Morgan fingerprint density at radius 3 is 2.45 bits per heavy atom. The first kappa shape index (κ1) is 23.2. The van der Waals surface area contributed by atoms with Crippen molar-refractivity contribution in [1.29, 1.82) is 5.41 Å². The van der Waals surface area contributed by atoms with E-state index in [-0.39, 0.29) is 12.4 Å². The maximum Gasteiger partial charge on any atom is 0.299 e. The van der Waals surface area contributed by atoms with E-state index in [2.05, 4.69) is 65.9 Å². The number of hydrogen-bond donors (Lipinski definition) is 1. The molecule has 0 amide bonds. The predicted octanol–water partition coefficient (Wildman–Crippen LogP) is 6.24. The van der Waals surface area contributed by atoms with Crippen molar-refractivity contribution in [2.24, 2.45) is 0 Å². The Morgan fingerprint density at radius 1 is 1.03 bits per heavy atom. The molecular formula is C23H25ClN4OS2. The number of nitrogens with zero attached hydrogens (tertiary/aromatic N) is 3. The first-order valence-electron chi connectivity index (χ1n) is 9.79. The van der Waals surface area contributed by atoms with Crippen molar-refractivity contribution in [2.75, 3.05) is 0 Å². The van der Waals surface area contributed by atoms with Gasteiger partial charge in [-0.15, -0.1) is 23.7 Å². The van der Waals surface area contributed by atoms with Crippen LogP contribution in [0.1, 0.15) is 27.9 Å². The first-order valence-corrected chi connectivity index (χ1v) is 11.4. The second-order valence-corrected chi connectivity index (χ2v) is 9.05. The van der Waals surface area contributed by atoms with E-state index in [9.17, 15) is 0 Å². The molecule has 0 aliphatic carbocycles. The quantitative estimate of drug-likeness (QED) is 0.361. The molecule has 1 N–H and O–H groups in total. The Bertz CT molecular complexity index is 1240. The molecule has 162 valence electrons. The number of aryl methyl sites for hydroxylation is 5. The van der Waals surface area contributed by atoms with Gasteiger partial charge in [0.1, 0.15) is 5.75 Å². The Morgan fingerprint density at radius 2 is 1.77 bits per heavy atom. The summed E-state index contributed by atoms with van der Waals surface area (Å²) in [7, 11) is 0. The van der Waals surface area contributed by atoms with Crippen LogP contribution in [0.4, 0.5) is 0 Å². The van der Waals surface area contributed by atoms with Gasteiger partial charge in [-0.1, -0.05) is 35.9 Å². The standard InChI is InChI=1S/C23H24N4OS2.ClH/c1-14-5-7-18(8-6-14)21-25-23(30-26-21)28-20-12-15(2)19(11-16(20)3)9-10-27-17(4)13-29-22(27)24;/h5-8,11-13,24H,9-10H2,1-4H3;1H. The van der Waals surface area contributed by atoms with Crippen LogP contribution < -0.4 is 9.54 Å². The molecule has 0 aliphatic heterocycles. The number of ether oxygens (including phenoxy) is 1. The number of hydrogen-bond acceptors (Lipinski definition) is 6. The molecule has 2 aromatic heterocycles. The fourth-order valence-electron chi connectivity index (χ4n) is 3.33. The molecule has 4 aromatic rings. The van der Waals surface area contributed by atoms with Gasteiger partial charge < -0.3 is 9.30 Å². The van der Waals surface area contributed by atoms with Crippen LogP contribution in [-0.4, -0.2) is 13.9 Å². The average Bonchev–Trinajstić information content (AvgIpc) is 3.31. The molecule has 2 heterocycles. The van der Waals surface area contributed by atoms with Crippen LogP contribution in [0.15, 0.2) is 41.8 Å². The molecule has 8 heteroatoms. The van der Waals surface area contributed by atoms with Crippen molar-refractivity contribution < 1.29 is 4.74 Å². The van der Waals surface area contributed by atoms with Gasteiger partial charge in [-0.3, -0.25) is 5.41 Å². The zero-order chi connectivity index (χ0) is 21.3. The van der Waals surface area contributed by atoms with E-state index in [1.807, 2.05) is 17.5 Å². The van der Waals surface area contributed by atoms with Crippen LogP contribution in [-0.2, 0) is 13.0 Å². The van der Waals surface area contributed by atoms with E-state index in [1.54, 1.807) is 0 Å². The zero-order valence-corrected chi connectivity index (χ0v) is 20.4. The van der Waals surface area contributed by atoms with E-state index in [1.165, 1.54) is 39.6 Å². The molecule has 0 bridgehead atoms. The number of thiazole rings is 1. The van der Waals surface area contributed by atoms with Crippen LogP contribution >= 0.6 is 35.3 Å². The van der Waals surface area contributed by atoms with Gasteiger partial charge in [0, 0.05) is 34.7 Å². The minimum atomic E-state index is 0. The minimum absolute atomic E-state index is 0. The molecule has 31 heavy (non-hydrogen) atoms. The lowest BCUT2D eigenvalue weighted by molar-refractivity contribution is 0.474. The maximum atomic E-state index is 8.04. The number of rotatable bonds is 6. The van der Waals surface area contributed by atoms with Crippen LogP contribution in [0.25, 0.3) is 11.4 Å². The molecule has 0 unspecified atom stereocenters. The van der Waals surface area contributed by atoms with E-state index < -0.39 is 0 Å². The molecule has 0 saturated carbocycles. The highest BCUT2D eigenvalue weighted by molar-refractivity contribution is 7.07. The van der Waals surface area contributed by atoms with Gasteiger partial charge in [0.25, 0.3) is 5.19 Å². The molecule has 4 rings (SSSR count). The van der Waals surface area contributed by atoms with Crippen molar-refractivity contribution >= 4 is 35.3 Å². The Labute approximate surface area is 196 Å². The van der Waals surface area contributed by atoms with Crippen molar-refractivity contribution in [1.82, 2.24) is 13.9 Å². The molecule has 2 aromatic carbocycles. The topological polar surface area (TPSA) is 63.8 Å². The summed E-state index contributed by atoms with van der Waals surface area (Å²) in [4.78, 5) is 5.15. The summed E-state index contributed by atoms with van der Waals surface area (Å²) in [5.74, 6) is 1.50. The summed E-state index contributed by atoms with van der Waals surface area (Å²) in [6.07, 6.45) is 0.886. The van der Waals surface area contributed by atoms with Gasteiger partial charge in [-0.05, 0) is 56.9 Å². The predicted molar refractivity (Wildman–Crippen MR) is 130 cm³/mol. The van der Waals surface area contributed by atoms with Crippen LogP contribution in [0, 0.1) is 33.1 Å². The molecule has 0 spiro atoms. The Kier molecular flexibility index (Phi) is 7.30. The summed E-state index contributed by atoms with van der Waals surface area (Å²) >= 11 is 2.74. The second-order valence-electron chi connectivity index (χ2n) is 7.48. The van der Waals surface area contributed by atoms with Gasteiger partial charge in [-0.25, -0.2) is 0 Å². The molecule has 0 saturated heterocycles. The lowest BCUT2D eigenvalue weighted by Crippen LogP contribution is -2.16. The maximum absolute atomic E-state index is 8.04. The Balaban J connectivity index is 0.00000272. The van der Waals surface area contributed by atoms with Gasteiger partial charge in [-0.2, -0.15) is 9.36 Å². The first-order chi connectivity index (χ1) is 14.4. The summed E-state index contributed by atoms with van der Waals surface area (Å²) in [5.41, 5.74) is 6.86. The molecule has 0 aliphatic rings. The highest BCUT2D eigenvalue weighted by atomic mass is 35.5. The number of aromatic nitrogens is 3. The van der Waals surface area contributed by atoms with E-state index in [0.29, 0.717) is 15.8 Å². The second kappa shape index (κ2) is 9.77. The van der Waals surface area contributed by atoms with E-state index >= 15 is 0 Å². The molecule has 0 radical (unpaired) electrons. The SMILES string of the molecule is Cc1ccc(-c2nsc(Oc3cc(C)c(CCn4c(C)csc4=N)cc3C)n2)cc1.Cl. The van der Waals surface area contributed by atoms with E-state index in [4.69, 9.17) is 10.1 Å². The average molecular weight is 473 g/mol. The molecule has 0 fully saturated rings. The lowest BCUT2D eigenvalue weighted by atomic mass is 10.0. The monoisotopic (exact) mass is 472 g/mol. The normalized spacial score (nSPS) is 10.7. The highest BCUT2D eigenvalue weighted by Gasteiger charge is 2.12. The van der Waals surface area contributed by atoms with Gasteiger partial charge in [0.2, 0.25) is 0 Å². The third-order valence-corrected chi connectivity index (χ3v) is 6.66. The van der Waals surface area contributed by atoms with Gasteiger partial charge in [0.05, 0.1) is 0 Å². The van der Waals surface area contributed by atoms with E-state index in [0.717, 1.165) is 35.5 Å².